The van der Waals surface area contributed by atoms with Gasteiger partial charge in [0.15, 0.2) is 0 Å². The lowest BCUT2D eigenvalue weighted by atomic mass is 9.53. The fourth-order valence-corrected chi connectivity index (χ4v) is 4.23. The van der Waals surface area contributed by atoms with Crippen molar-refractivity contribution in [2.45, 2.75) is 38.5 Å². The zero-order chi connectivity index (χ0) is 17.6. The van der Waals surface area contributed by atoms with Crippen LogP contribution >= 0.6 is 0 Å². The quantitative estimate of drug-likeness (QED) is 0.764. The summed E-state index contributed by atoms with van der Waals surface area (Å²) in [5.41, 5.74) is 6.01. The Balaban J connectivity index is 2.89. The van der Waals surface area contributed by atoms with Crippen molar-refractivity contribution in [1.82, 2.24) is 0 Å². The number of carboxylic acid groups (broad SMARTS) is 1. The van der Waals surface area contributed by atoms with Gasteiger partial charge >= 0.3 is 5.97 Å². The van der Waals surface area contributed by atoms with Crippen LogP contribution in [-0.4, -0.2) is 17.6 Å². The fraction of sp³-hybridized carbons (Fsp3) is 0.381. The van der Waals surface area contributed by atoms with Crippen molar-refractivity contribution in [1.29, 1.82) is 0 Å². The minimum atomic E-state index is -1.11. The number of rotatable bonds is 8. The summed E-state index contributed by atoms with van der Waals surface area (Å²) >= 11 is 0. The molecule has 0 radical (unpaired) electrons. The maximum Gasteiger partial charge on any atom is 0.319 e. The van der Waals surface area contributed by atoms with Crippen molar-refractivity contribution in [3.05, 3.63) is 71.8 Å². The second-order valence-electron chi connectivity index (χ2n) is 6.31. The van der Waals surface area contributed by atoms with E-state index in [9.17, 15) is 9.90 Å². The van der Waals surface area contributed by atoms with Crippen LogP contribution in [0.3, 0.4) is 0 Å². The third-order valence-corrected chi connectivity index (χ3v) is 5.51. The van der Waals surface area contributed by atoms with Gasteiger partial charge in [-0.3, -0.25) is 4.79 Å². The standard InChI is InChI=1S/C21H27NO2/c1-3-20(4-2,15-16-22)21(19(23)24,17-11-7-5-8-12-17)18-13-9-6-10-14-18/h5-14H,3-4,15-16,22H2,1-2H3,(H,23,24). The number of hydrogen-bond acceptors (Lipinski definition) is 2. The van der Waals surface area contributed by atoms with Crippen LogP contribution in [0.25, 0.3) is 0 Å². The number of nitrogens with two attached hydrogens (primary N) is 1. The molecule has 3 N–H and O–H groups in total. The van der Waals surface area contributed by atoms with Crippen molar-refractivity contribution in [2.24, 2.45) is 11.1 Å². The molecule has 0 aliphatic carbocycles. The molecule has 0 saturated carbocycles. The van der Waals surface area contributed by atoms with E-state index in [0.29, 0.717) is 13.0 Å². The van der Waals surface area contributed by atoms with Gasteiger partial charge < -0.3 is 10.8 Å². The molecule has 0 aliphatic heterocycles. The Morgan fingerprint density at radius 1 is 0.917 bits per heavy atom. The van der Waals surface area contributed by atoms with Crippen LogP contribution in [0.15, 0.2) is 60.7 Å². The van der Waals surface area contributed by atoms with Gasteiger partial charge in [-0.15, -0.1) is 0 Å². The van der Waals surface area contributed by atoms with Gasteiger partial charge in [0.2, 0.25) is 0 Å². The predicted octanol–water partition coefficient (Wildman–Crippen LogP) is 4.21. The van der Waals surface area contributed by atoms with E-state index in [1.54, 1.807) is 0 Å². The van der Waals surface area contributed by atoms with E-state index in [-0.39, 0.29) is 0 Å². The molecule has 0 heterocycles. The fourth-order valence-electron chi connectivity index (χ4n) is 4.23. The van der Waals surface area contributed by atoms with Crippen molar-refractivity contribution < 1.29 is 9.90 Å². The zero-order valence-electron chi connectivity index (χ0n) is 14.5. The molecule has 3 nitrogen and oxygen atoms in total. The predicted molar refractivity (Wildman–Crippen MR) is 98.0 cm³/mol. The van der Waals surface area contributed by atoms with Crippen LogP contribution in [0.2, 0.25) is 0 Å². The molecule has 3 heteroatoms. The van der Waals surface area contributed by atoms with E-state index in [4.69, 9.17) is 5.73 Å². The Hall–Kier alpha value is -2.13. The summed E-state index contributed by atoms with van der Waals surface area (Å²) in [6.45, 7) is 4.61. The second kappa shape index (κ2) is 7.63. The van der Waals surface area contributed by atoms with E-state index in [2.05, 4.69) is 13.8 Å². The van der Waals surface area contributed by atoms with Gasteiger partial charge in [-0.2, -0.15) is 0 Å². The number of carbonyl (C=O) groups is 1. The molecule has 0 atom stereocenters. The molecule has 0 unspecified atom stereocenters. The minimum Gasteiger partial charge on any atom is -0.480 e. The average molecular weight is 325 g/mol. The molecule has 128 valence electrons. The maximum atomic E-state index is 12.8. The molecule has 0 spiro atoms. The Kier molecular flexibility index (Phi) is 5.79. The van der Waals surface area contributed by atoms with Crippen molar-refractivity contribution in [3.63, 3.8) is 0 Å². The first kappa shape index (κ1) is 18.2. The molecule has 24 heavy (non-hydrogen) atoms. The van der Waals surface area contributed by atoms with E-state index in [1.807, 2.05) is 60.7 Å². The third kappa shape index (κ3) is 2.73. The highest BCUT2D eigenvalue weighted by molar-refractivity contribution is 5.87. The monoisotopic (exact) mass is 325 g/mol. The zero-order valence-corrected chi connectivity index (χ0v) is 14.5. The summed E-state index contributed by atoms with van der Waals surface area (Å²) in [7, 11) is 0. The van der Waals surface area contributed by atoms with Gasteiger partial charge in [0.1, 0.15) is 5.41 Å². The lowest BCUT2D eigenvalue weighted by Gasteiger charge is -2.48. The molecule has 0 saturated heterocycles. The summed E-state index contributed by atoms with van der Waals surface area (Å²) in [5.74, 6) is -0.808. The third-order valence-electron chi connectivity index (χ3n) is 5.51. The molecule has 0 bridgehead atoms. The summed E-state index contributed by atoms with van der Waals surface area (Å²) in [6, 6.07) is 19.2. The lowest BCUT2D eigenvalue weighted by molar-refractivity contribution is -0.148. The molecule has 0 fully saturated rings. The van der Waals surface area contributed by atoms with Crippen LogP contribution in [0.4, 0.5) is 0 Å². The van der Waals surface area contributed by atoms with E-state index < -0.39 is 16.8 Å². The largest absolute Gasteiger partial charge is 0.480 e. The van der Waals surface area contributed by atoms with Gasteiger partial charge in [0, 0.05) is 0 Å². The topological polar surface area (TPSA) is 63.3 Å². The summed E-state index contributed by atoms with van der Waals surface area (Å²) in [6.07, 6.45) is 2.16. The molecular weight excluding hydrogens is 298 g/mol. The Morgan fingerprint density at radius 2 is 1.33 bits per heavy atom. The van der Waals surface area contributed by atoms with Crippen LogP contribution < -0.4 is 5.73 Å². The van der Waals surface area contributed by atoms with Gasteiger partial charge in [0.05, 0.1) is 0 Å². The Morgan fingerprint density at radius 3 is 1.62 bits per heavy atom. The molecule has 2 aromatic carbocycles. The lowest BCUT2D eigenvalue weighted by Crippen LogP contribution is -2.53. The average Bonchev–Trinajstić information content (AvgIpc) is 2.63. The Bertz CT molecular complexity index is 609. The van der Waals surface area contributed by atoms with Crippen molar-refractivity contribution in [3.8, 4) is 0 Å². The first-order valence-electron chi connectivity index (χ1n) is 8.63. The van der Waals surface area contributed by atoms with Crippen LogP contribution in [0.1, 0.15) is 44.2 Å². The smallest absolute Gasteiger partial charge is 0.319 e. The second-order valence-corrected chi connectivity index (χ2v) is 6.31. The highest BCUT2D eigenvalue weighted by atomic mass is 16.4. The SMILES string of the molecule is CCC(CC)(CCN)C(C(=O)O)(c1ccccc1)c1ccccc1. The van der Waals surface area contributed by atoms with Crippen LogP contribution in [0.5, 0.6) is 0 Å². The van der Waals surface area contributed by atoms with Crippen LogP contribution in [-0.2, 0) is 10.2 Å². The maximum absolute atomic E-state index is 12.8. The van der Waals surface area contributed by atoms with Crippen LogP contribution in [0, 0.1) is 5.41 Å². The van der Waals surface area contributed by atoms with E-state index >= 15 is 0 Å². The molecular formula is C21H27NO2. The van der Waals surface area contributed by atoms with Crippen molar-refractivity contribution in [2.75, 3.05) is 6.54 Å². The number of hydrogen-bond donors (Lipinski definition) is 2. The van der Waals surface area contributed by atoms with E-state index in [1.165, 1.54) is 0 Å². The number of carboxylic acids is 1. The van der Waals surface area contributed by atoms with Crippen molar-refractivity contribution >= 4 is 5.97 Å². The number of benzene rings is 2. The van der Waals surface area contributed by atoms with Gasteiger partial charge in [-0.1, -0.05) is 74.5 Å². The molecule has 2 rings (SSSR count). The summed E-state index contributed by atoms with van der Waals surface area (Å²) in [4.78, 5) is 12.8. The summed E-state index contributed by atoms with van der Waals surface area (Å²) in [5, 5.41) is 10.5. The number of aliphatic carboxylic acids is 1. The Labute approximate surface area is 144 Å². The first-order valence-corrected chi connectivity index (χ1v) is 8.63. The first-order chi connectivity index (χ1) is 11.6. The molecule has 2 aromatic rings. The molecule has 0 amide bonds. The highest BCUT2D eigenvalue weighted by Crippen LogP contribution is 2.53. The van der Waals surface area contributed by atoms with Gasteiger partial charge in [-0.05, 0) is 42.3 Å². The molecule has 0 aromatic heterocycles. The van der Waals surface area contributed by atoms with Gasteiger partial charge in [0.25, 0.3) is 0 Å². The highest BCUT2D eigenvalue weighted by Gasteiger charge is 2.56. The normalized spacial score (nSPS) is 12.1. The summed E-state index contributed by atoms with van der Waals surface area (Å²) < 4.78 is 0. The minimum absolute atomic E-state index is 0.448. The molecule has 0 aliphatic rings. The van der Waals surface area contributed by atoms with E-state index in [0.717, 1.165) is 24.0 Å². The van der Waals surface area contributed by atoms with Gasteiger partial charge in [-0.25, -0.2) is 0 Å².